The van der Waals surface area contributed by atoms with Crippen molar-refractivity contribution in [2.45, 2.75) is 63.3 Å². The summed E-state index contributed by atoms with van der Waals surface area (Å²) in [7, 11) is 0. The lowest BCUT2D eigenvalue weighted by molar-refractivity contribution is -0.138. The molecule has 1 saturated carbocycles. The Morgan fingerprint density at radius 3 is 2.83 bits per heavy atom. The molecule has 1 spiro atoms. The molecule has 4 heteroatoms. The highest BCUT2D eigenvalue weighted by Crippen LogP contribution is 2.60. The summed E-state index contributed by atoms with van der Waals surface area (Å²) in [6.07, 6.45) is 4.78. The second-order valence-electron chi connectivity index (χ2n) is 7.69. The van der Waals surface area contributed by atoms with E-state index in [4.69, 9.17) is 5.11 Å². The Balaban J connectivity index is 1.69. The van der Waals surface area contributed by atoms with Gasteiger partial charge in [0, 0.05) is 23.3 Å². The molecule has 2 atom stereocenters. The van der Waals surface area contributed by atoms with Gasteiger partial charge in [-0.1, -0.05) is 24.3 Å². The average molecular weight is 315 g/mol. The van der Waals surface area contributed by atoms with Crippen LogP contribution in [0.15, 0.2) is 24.3 Å². The maximum Gasteiger partial charge on any atom is 0.303 e. The smallest absolute Gasteiger partial charge is 0.303 e. The summed E-state index contributed by atoms with van der Waals surface area (Å²) in [5.41, 5.74) is 2.30. The van der Waals surface area contributed by atoms with Gasteiger partial charge in [0.05, 0.1) is 0 Å². The number of amides is 1. The Morgan fingerprint density at radius 1 is 1.35 bits per heavy atom. The van der Waals surface area contributed by atoms with Gasteiger partial charge in [-0.05, 0) is 57.1 Å². The lowest BCUT2D eigenvalue weighted by Gasteiger charge is -2.29. The van der Waals surface area contributed by atoms with E-state index in [2.05, 4.69) is 29.6 Å². The number of fused-ring (bicyclic) bond motifs is 2. The topological polar surface area (TPSA) is 66.4 Å². The Labute approximate surface area is 137 Å². The van der Waals surface area contributed by atoms with Crippen LogP contribution in [0, 0.1) is 5.92 Å². The minimum absolute atomic E-state index is 0.0296. The molecule has 0 heterocycles. The summed E-state index contributed by atoms with van der Waals surface area (Å²) >= 11 is 0. The van der Waals surface area contributed by atoms with Crippen molar-refractivity contribution in [3.05, 3.63) is 35.4 Å². The summed E-state index contributed by atoms with van der Waals surface area (Å²) in [6.45, 7) is 3.80. The van der Waals surface area contributed by atoms with Gasteiger partial charge >= 0.3 is 5.97 Å². The number of hydrogen-bond donors (Lipinski definition) is 2. The summed E-state index contributed by atoms with van der Waals surface area (Å²) in [4.78, 5) is 23.4. The van der Waals surface area contributed by atoms with Crippen LogP contribution in [0.2, 0.25) is 0 Å². The molecule has 0 radical (unpaired) electrons. The van der Waals surface area contributed by atoms with Gasteiger partial charge in [-0.25, -0.2) is 0 Å². The molecular formula is C19H25NO3. The van der Waals surface area contributed by atoms with Crippen LogP contribution >= 0.6 is 0 Å². The normalized spacial score (nSPS) is 25.7. The molecule has 1 amide bonds. The number of rotatable bonds is 5. The summed E-state index contributed by atoms with van der Waals surface area (Å²) in [5, 5.41) is 11.9. The number of carboxylic acids is 1. The monoisotopic (exact) mass is 315 g/mol. The molecule has 3 rings (SSSR count). The van der Waals surface area contributed by atoms with Crippen LogP contribution < -0.4 is 5.32 Å². The molecule has 0 aromatic heterocycles. The fourth-order valence-corrected chi connectivity index (χ4v) is 4.08. The number of nitrogens with one attached hydrogen (secondary N) is 1. The predicted octanol–water partition coefficient (Wildman–Crippen LogP) is 3.04. The number of aryl methyl sites for hydroxylation is 1. The average Bonchev–Trinajstić information content (AvgIpc) is 3.21. The van der Waals surface area contributed by atoms with E-state index in [1.54, 1.807) is 0 Å². The first-order chi connectivity index (χ1) is 10.8. The van der Waals surface area contributed by atoms with E-state index in [1.807, 2.05) is 13.8 Å². The number of carbonyl (C=O) groups excluding carboxylic acids is 1. The molecule has 1 fully saturated rings. The highest BCUT2D eigenvalue weighted by molar-refractivity contribution is 5.85. The van der Waals surface area contributed by atoms with Crippen LogP contribution in [0.4, 0.5) is 0 Å². The lowest BCUT2D eigenvalue weighted by atomic mass is 9.78. The Bertz CT molecular complexity index is 637. The van der Waals surface area contributed by atoms with Crippen LogP contribution in [-0.4, -0.2) is 22.5 Å². The maximum absolute atomic E-state index is 12.7. The molecule has 2 aliphatic carbocycles. The fourth-order valence-electron chi connectivity index (χ4n) is 4.08. The largest absolute Gasteiger partial charge is 0.481 e. The molecular weight excluding hydrogens is 290 g/mol. The highest BCUT2D eigenvalue weighted by atomic mass is 16.4. The van der Waals surface area contributed by atoms with E-state index < -0.39 is 11.5 Å². The van der Waals surface area contributed by atoms with Crippen molar-refractivity contribution < 1.29 is 14.7 Å². The van der Waals surface area contributed by atoms with E-state index in [0.29, 0.717) is 6.42 Å². The van der Waals surface area contributed by atoms with Crippen LogP contribution in [0.5, 0.6) is 0 Å². The number of benzene rings is 1. The third-order valence-corrected chi connectivity index (χ3v) is 5.44. The quantitative estimate of drug-likeness (QED) is 0.877. The molecule has 0 saturated heterocycles. The molecule has 2 unspecified atom stereocenters. The van der Waals surface area contributed by atoms with Crippen molar-refractivity contribution in [2.75, 3.05) is 0 Å². The van der Waals surface area contributed by atoms with E-state index in [-0.39, 0.29) is 23.7 Å². The number of aliphatic carboxylic acids is 1. The highest BCUT2D eigenvalue weighted by Gasteiger charge is 2.60. The van der Waals surface area contributed by atoms with Crippen LogP contribution in [0.1, 0.15) is 57.1 Å². The Kier molecular flexibility index (Phi) is 3.95. The van der Waals surface area contributed by atoms with Crippen molar-refractivity contribution in [1.29, 1.82) is 0 Å². The van der Waals surface area contributed by atoms with Gasteiger partial charge in [-0.15, -0.1) is 0 Å². The predicted molar refractivity (Wildman–Crippen MR) is 88.3 cm³/mol. The molecule has 4 nitrogen and oxygen atoms in total. The summed E-state index contributed by atoms with van der Waals surface area (Å²) in [5.74, 6) is -0.707. The van der Waals surface area contributed by atoms with Crippen molar-refractivity contribution >= 4 is 11.9 Å². The van der Waals surface area contributed by atoms with Crippen molar-refractivity contribution in [3.8, 4) is 0 Å². The first kappa shape index (κ1) is 16.0. The Morgan fingerprint density at radius 2 is 2.09 bits per heavy atom. The number of carboxylic acid groups (broad SMARTS) is 1. The molecule has 0 aliphatic heterocycles. The minimum atomic E-state index is -0.823. The van der Waals surface area contributed by atoms with Crippen LogP contribution in [-0.2, 0) is 21.4 Å². The van der Waals surface area contributed by atoms with Crippen molar-refractivity contribution in [2.24, 2.45) is 5.92 Å². The lowest BCUT2D eigenvalue weighted by Crippen LogP contribution is -2.45. The van der Waals surface area contributed by atoms with Crippen molar-refractivity contribution in [3.63, 3.8) is 0 Å². The molecule has 1 aromatic carbocycles. The molecule has 2 aliphatic rings. The maximum atomic E-state index is 12.7. The van der Waals surface area contributed by atoms with Gasteiger partial charge in [0.1, 0.15) is 0 Å². The molecule has 23 heavy (non-hydrogen) atoms. The van der Waals surface area contributed by atoms with Gasteiger partial charge in [0.25, 0.3) is 0 Å². The second kappa shape index (κ2) is 5.66. The second-order valence-corrected chi connectivity index (χ2v) is 7.69. The molecule has 1 aromatic rings. The minimum Gasteiger partial charge on any atom is -0.481 e. The SMILES string of the molecule is CC(C)(CCC(=O)O)NC(=O)C1CC12CCCc1ccccc12. The fraction of sp³-hybridized carbons (Fsp3) is 0.579. The zero-order valence-corrected chi connectivity index (χ0v) is 13.9. The zero-order valence-electron chi connectivity index (χ0n) is 13.9. The van der Waals surface area contributed by atoms with Crippen LogP contribution in [0.25, 0.3) is 0 Å². The van der Waals surface area contributed by atoms with Crippen molar-refractivity contribution in [1.82, 2.24) is 5.32 Å². The molecule has 0 bridgehead atoms. The van der Waals surface area contributed by atoms with E-state index in [0.717, 1.165) is 25.7 Å². The van der Waals surface area contributed by atoms with Gasteiger partial charge in [-0.3, -0.25) is 9.59 Å². The standard InChI is InChI=1S/C19H25NO3/c1-18(2,11-9-16(21)22)20-17(23)15-12-19(15)10-5-7-13-6-3-4-8-14(13)19/h3-4,6,8,15H,5,7,9-12H2,1-2H3,(H,20,23)(H,21,22). The van der Waals surface area contributed by atoms with E-state index in [1.165, 1.54) is 11.1 Å². The Hall–Kier alpha value is -1.84. The summed E-state index contributed by atoms with van der Waals surface area (Å²) in [6, 6.07) is 8.50. The number of carbonyl (C=O) groups is 2. The third-order valence-electron chi connectivity index (χ3n) is 5.44. The van der Waals surface area contributed by atoms with E-state index in [9.17, 15) is 9.59 Å². The van der Waals surface area contributed by atoms with Crippen LogP contribution in [0.3, 0.4) is 0 Å². The van der Waals surface area contributed by atoms with Gasteiger partial charge in [0.15, 0.2) is 0 Å². The van der Waals surface area contributed by atoms with E-state index >= 15 is 0 Å². The molecule has 2 N–H and O–H groups in total. The van der Waals surface area contributed by atoms with Gasteiger partial charge in [-0.2, -0.15) is 0 Å². The molecule has 124 valence electrons. The van der Waals surface area contributed by atoms with Gasteiger partial charge < -0.3 is 10.4 Å². The zero-order chi connectivity index (χ0) is 16.7. The summed E-state index contributed by atoms with van der Waals surface area (Å²) < 4.78 is 0. The first-order valence-electron chi connectivity index (χ1n) is 8.46. The van der Waals surface area contributed by atoms with Gasteiger partial charge in [0.2, 0.25) is 5.91 Å². The number of hydrogen-bond acceptors (Lipinski definition) is 2. The third kappa shape index (κ3) is 3.12. The first-order valence-corrected chi connectivity index (χ1v) is 8.46.